The first-order valence-electron chi connectivity index (χ1n) is 4.44. The molecule has 0 aromatic carbocycles. The van der Waals surface area contributed by atoms with Crippen LogP contribution in [0.15, 0.2) is 0 Å². The highest BCUT2D eigenvalue weighted by atomic mass is 19.3. The van der Waals surface area contributed by atoms with E-state index in [0.717, 1.165) is 19.5 Å². The number of aliphatic hydroxyl groups is 1. The quantitative estimate of drug-likeness (QED) is 0.656. The van der Waals surface area contributed by atoms with Gasteiger partial charge < -0.3 is 15.3 Å². The molecule has 1 unspecified atom stereocenters. The number of nitrogens with one attached hydrogen (secondary N) is 1. The highest BCUT2D eigenvalue weighted by Gasteiger charge is 2.29. The van der Waals surface area contributed by atoms with Crippen molar-refractivity contribution in [2.75, 3.05) is 33.3 Å². The Bertz CT molecular complexity index is 166. The van der Waals surface area contributed by atoms with Gasteiger partial charge in [-0.15, -0.1) is 0 Å². The van der Waals surface area contributed by atoms with E-state index in [1.807, 2.05) is 7.05 Å². The zero-order chi connectivity index (χ0) is 9.90. The van der Waals surface area contributed by atoms with Gasteiger partial charge in [0.05, 0.1) is 6.54 Å². The van der Waals surface area contributed by atoms with Crippen LogP contribution >= 0.6 is 0 Å². The first-order chi connectivity index (χ1) is 6.03. The second-order valence-corrected chi connectivity index (χ2v) is 3.64. The molecule has 0 spiro atoms. The average molecular weight is 194 g/mol. The van der Waals surface area contributed by atoms with Gasteiger partial charge in [-0.1, -0.05) is 0 Å². The lowest BCUT2D eigenvalue weighted by Gasteiger charge is -2.18. The van der Waals surface area contributed by atoms with E-state index in [9.17, 15) is 8.78 Å². The summed E-state index contributed by atoms with van der Waals surface area (Å²) in [5.74, 6) is -2.98. The molecule has 1 saturated heterocycles. The SMILES string of the molecule is CN1CCC(NCC(F)(F)CO)C1. The highest BCUT2D eigenvalue weighted by molar-refractivity contribution is 4.81. The summed E-state index contributed by atoms with van der Waals surface area (Å²) in [6.07, 6.45) is 0.901. The number of alkyl halides is 2. The molecule has 0 bridgehead atoms. The van der Waals surface area contributed by atoms with Crippen LogP contribution in [0.1, 0.15) is 6.42 Å². The molecule has 0 saturated carbocycles. The molecule has 2 N–H and O–H groups in total. The molecule has 1 fully saturated rings. The van der Waals surface area contributed by atoms with Crippen molar-refractivity contribution in [2.45, 2.75) is 18.4 Å². The lowest BCUT2D eigenvalue weighted by atomic mass is 10.2. The molecule has 3 nitrogen and oxygen atoms in total. The maximum absolute atomic E-state index is 12.6. The summed E-state index contributed by atoms with van der Waals surface area (Å²) in [6.45, 7) is 0.244. The lowest BCUT2D eigenvalue weighted by Crippen LogP contribution is -2.42. The lowest BCUT2D eigenvalue weighted by molar-refractivity contribution is -0.0490. The molecule has 0 aromatic heterocycles. The zero-order valence-corrected chi connectivity index (χ0v) is 7.76. The van der Waals surface area contributed by atoms with Crippen LogP contribution in [0.2, 0.25) is 0 Å². The van der Waals surface area contributed by atoms with Gasteiger partial charge in [0.1, 0.15) is 6.61 Å². The van der Waals surface area contributed by atoms with Crippen LogP contribution in [-0.4, -0.2) is 55.3 Å². The number of halogens is 2. The van der Waals surface area contributed by atoms with Crippen molar-refractivity contribution >= 4 is 0 Å². The van der Waals surface area contributed by atoms with Gasteiger partial charge in [0, 0.05) is 12.6 Å². The fourth-order valence-corrected chi connectivity index (χ4v) is 1.45. The number of likely N-dealkylation sites (tertiary alicyclic amines) is 1. The molecule has 0 aliphatic carbocycles. The summed E-state index contributed by atoms with van der Waals surface area (Å²) in [7, 11) is 1.96. The third-order valence-corrected chi connectivity index (χ3v) is 2.27. The van der Waals surface area contributed by atoms with Gasteiger partial charge in [-0.2, -0.15) is 0 Å². The van der Waals surface area contributed by atoms with Gasteiger partial charge in [0.2, 0.25) is 0 Å². The Kier molecular flexibility index (Phi) is 3.58. The predicted octanol–water partition coefficient (Wildman–Crippen LogP) is -0.0923. The molecule has 1 heterocycles. The van der Waals surface area contributed by atoms with Gasteiger partial charge in [0.25, 0.3) is 5.92 Å². The van der Waals surface area contributed by atoms with Gasteiger partial charge >= 0.3 is 0 Å². The summed E-state index contributed by atoms with van der Waals surface area (Å²) in [5, 5.41) is 11.1. The molecule has 13 heavy (non-hydrogen) atoms. The number of rotatable bonds is 4. The average Bonchev–Trinajstić information content (AvgIpc) is 2.48. The fraction of sp³-hybridized carbons (Fsp3) is 1.00. The second kappa shape index (κ2) is 4.30. The standard InChI is InChI=1S/C8H16F2N2O/c1-12-3-2-7(4-12)11-5-8(9,10)6-13/h7,11,13H,2-6H2,1H3. The van der Waals surface area contributed by atoms with Crippen molar-refractivity contribution in [3.63, 3.8) is 0 Å². The Labute approximate surface area is 76.7 Å². The van der Waals surface area contributed by atoms with Gasteiger partial charge in [-0.05, 0) is 20.0 Å². The molecule has 0 amide bonds. The second-order valence-electron chi connectivity index (χ2n) is 3.64. The largest absolute Gasteiger partial charge is 0.390 e. The van der Waals surface area contributed by atoms with Crippen LogP contribution in [-0.2, 0) is 0 Å². The van der Waals surface area contributed by atoms with E-state index in [-0.39, 0.29) is 6.04 Å². The Morgan fingerprint density at radius 3 is 2.77 bits per heavy atom. The van der Waals surface area contributed by atoms with Gasteiger partial charge in [-0.3, -0.25) is 0 Å². The first-order valence-corrected chi connectivity index (χ1v) is 4.44. The van der Waals surface area contributed by atoms with E-state index in [1.54, 1.807) is 0 Å². The van der Waals surface area contributed by atoms with Crippen LogP contribution in [0.4, 0.5) is 8.78 Å². The number of aliphatic hydroxyl groups excluding tert-OH is 1. The molecule has 1 aliphatic rings. The Morgan fingerprint density at radius 1 is 1.62 bits per heavy atom. The van der Waals surface area contributed by atoms with E-state index >= 15 is 0 Å². The van der Waals surface area contributed by atoms with Crippen LogP contribution < -0.4 is 5.32 Å². The number of nitrogens with zero attached hydrogens (tertiary/aromatic N) is 1. The monoisotopic (exact) mass is 194 g/mol. The Balaban J connectivity index is 2.19. The summed E-state index contributed by atoms with van der Waals surface area (Å²) < 4.78 is 25.2. The van der Waals surface area contributed by atoms with E-state index in [0.29, 0.717) is 0 Å². The topological polar surface area (TPSA) is 35.5 Å². The molecular formula is C8H16F2N2O. The van der Waals surface area contributed by atoms with E-state index in [2.05, 4.69) is 10.2 Å². The van der Waals surface area contributed by atoms with Crippen molar-refractivity contribution < 1.29 is 13.9 Å². The molecule has 1 rings (SSSR count). The summed E-state index contributed by atoms with van der Waals surface area (Å²) in [6, 6.07) is 0.141. The van der Waals surface area contributed by atoms with Gasteiger partial charge in [0.15, 0.2) is 0 Å². The van der Waals surface area contributed by atoms with Crippen molar-refractivity contribution in [1.82, 2.24) is 10.2 Å². The molecule has 5 heteroatoms. The molecule has 1 aliphatic heterocycles. The molecule has 0 radical (unpaired) electrons. The Hall–Kier alpha value is -0.260. The summed E-state index contributed by atoms with van der Waals surface area (Å²) in [5.41, 5.74) is 0. The minimum atomic E-state index is -2.98. The van der Waals surface area contributed by atoms with Gasteiger partial charge in [-0.25, -0.2) is 8.78 Å². The number of likely N-dealkylation sites (N-methyl/N-ethyl adjacent to an activating group) is 1. The smallest absolute Gasteiger partial charge is 0.282 e. The maximum Gasteiger partial charge on any atom is 0.282 e. The minimum Gasteiger partial charge on any atom is -0.390 e. The van der Waals surface area contributed by atoms with Crippen LogP contribution in [0.3, 0.4) is 0 Å². The number of hydrogen-bond acceptors (Lipinski definition) is 3. The highest BCUT2D eigenvalue weighted by Crippen LogP contribution is 2.12. The van der Waals surface area contributed by atoms with Crippen molar-refractivity contribution in [3.05, 3.63) is 0 Å². The third kappa shape index (κ3) is 3.54. The molecule has 0 aromatic rings. The van der Waals surface area contributed by atoms with Crippen molar-refractivity contribution in [3.8, 4) is 0 Å². The van der Waals surface area contributed by atoms with E-state index in [4.69, 9.17) is 5.11 Å². The van der Waals surface area contributed by atoms with Crippen LogP contribution in [0.25, 0.3) is 0 Å². The predicted molar refractivity (Wildman–Crippen MR) is 45.9 cm³/mol. The van der Waals surface area contributed by atoms with Crippen molar-refractivity contribution in [1.29, 1.82) is 0 Å². The van der Waals surface area contributed by atoms with E-state index in [1.165, 1.54) is 0 Å². The van der Waals surface area contributed by atoms with Crippen LogP contribution in [0.5, 0.6) is 0 Å². The first kappa shape index (κ1) is 10.8. The summed E-state index contributed by atoms with van der Waals surface area (Å²) in [4.78, 5) is 2.09. The third-order valence-electron chi connectivity index (χ3n) is 2.27. The normalized spacial score (nSPS) is 25.4. The molecular weight excluding hydrogens is 178 g/mol. The zero-order valence-electron chi connectivity index (χ0n) is 7.76. The maximum atomic E-state index is 12.6. The Morgan fingerprint density at radius 2 is 2.31 bits per heavy atom. The van der Waals surface area contributed by atoms with Crippen LogP contribution in [0, 0.1) is 0 Å². The fourth-order valence-electron chi connectivity index (χ4n) is 1.45. The van der Waals surface area contributed by atoms with Crippen molar-refractivity contribution in [2.24, 2.45) is 0 Å². The van der Waals surface area contributed by atoms with E-state index < -0.39 is 19.1 Å². The summed E-state index contributed by atoms with van der Waals surface area (Å²) >= 11 is 0. The molecule has 78 valence electrons. The number of hydrogen-bond donors (Lipinski definition) is 2. The molecule has 1 atom stereocenters. The minimum absolute atomic E-state index is 0.141.